The molecule has 3 nitrogen and oxygen atoms in total. The molecule has 2 N–H and O–H groups in total. The van der Waals surface area contributed by atoms with Gasteiger partial charge in [-0.1, -0.05) is 0 Å². The minimum Gasteiger partial charge on any atom is -0.328 e. The molecule has 0 amide bonds. The maximum Gasteiger partial charge on any atom is 0.522 e. The van der Waals surface area contributed by atoms with E-state index in [0.717, 1.165) is 25.9 Å². The Bertz CT molecular complexity index is 201. The molecule has 0 aromatic rings. The summed E-state index contributed by atoms with van der Waals surface area (Å²) >= 11 is 0. The Kier molecular flexibility index (Phi) is 5.01. The van der Waals surface area contributed by atoms with E-state index in [1.54, 1.807) is 0 Å². The van der Waals surface area contributed by atoms with E-state index in [1.807, 2.05) is 11.8 Å². The van der Waals surface area contributed by atoms with Crippen molar-refractivity contribution in [3.05, 3.63) is 0 Å². The van der Waals surface area contributed by atoms with Gasteiger partial charge in [0.05, 0.1) is 6.61 Å². The summed E-state index contributed by atoms with van der Waals surface area (Å²) in [7, 11) is 0. The average molecular weight is 240 g/mol. The lowest BCUT2D eigenvalue weighted by Gasteiger charge is -2.33. The minimum absolute atomic E-state index is 0.175. The SMILES string of the molecule is CC(N)C1CCN(CCOC(F)(F)F)CC1. The van der Waals surface area contributed by atoms with E-state index in [9.17, 15) is 13.2 Å². The number of piperidine rings is 1. The predicted octanol–water partition coefficient (Wildman–Crippen LogP) is 1.58. The van der Waals surface area contributed by atoms with Gasteiger partial charge in [0, 0.05) is 12.6 Å². The summed E-state index contributed by atoms with van der Waals surface area (Å²) in [5.41, 5.74) is 5.78. The lowest BCUT2D eigenvalue weighted by Crippen LogP contribution is -2.41. The number of hydrogen-bond acceptors (Lipinski definition) is 3. The van der Waals surface area contributed by atoms with E-state index < -0.39 is 6.36 Å². The first-order valence-electron chi connectivity index (χ1n) is 5.57. The first-order chi connectivity index (χ1) is 7.38. The number of nitrogens with two attached hydrogens (primary N) is 1. The Balaban J connectivity index is 2.13. The molecule has 16 heavy (non-hydrogen) atoms. The van der Waals surface area contributed by atoms with Crippen molar-refractivity contribution in [1.29, 1.82) is 0 Å². The van der Waals surface area contributed by atoms with Gasteiger partial charge in [-0.3, -0.25) is 4.74 Å². The lowest BCUT2D eigenvalue weighted by molar-refractivity contribution is -0.325. The van der Waals surface area contributed by atoms with Gasteiger partial charge in [-0.15, -0.1) is 13.2 Å². The van der Waals surface area contributed by atoms with Crippen molar-refractivity contribution < 1.29 is 17.9 Å². The molecule has 1 saturated heterocycles. The third-order valence-corrected chi connectivity index (χ3v) is 3.05. The van der Waals surface area contributed by atoms with Crippen LogP contribution in [0.1, 0.15) is 19.8 Å². The third-order valence-electron chi connectivity index (χ3n) is 3.05. The van der Waals surface area contributed by atoms with Crippen LogP contribution in [0, 0.1) is 5.92 Å². The van der Waals surface area contributed by atoms with Crippen molar-refractivity contribution in [2.45, 2.75) is 32.2 Å². The molecule has 1 aliphatic heterocycles. The standard InChI is InChI=1S/C10H19F3N2O/c1-8(14)9-2-4-15(5-3-9)6-7-16-10(11,12)13/h8-9H,2-7,14H2,1H3. The van der Waals surface area contributed by atoms with Gasteiger partial charge < -0.3 is 10.6 Å². The second kappa shape index (κ2) is 5.84. The van der Waals surface area contributed by atoms with Gasteiger partial charge >= 0.3 is 6.36 Å². The number of rotatable bonds is 4. The van der Waals surface area contributed by atoms with E-state index in [-0.39, 0.29) is 12.6 Å². The van der Waals surface area contributed by atoms with Crippen LogP contribution in [-0.4, -0.2) is 43.5 Å². The molecule has 1 rings (SSSR count). The Morgan fingerprint density at radius 1 is 1.38 bits per heavy atom. The first-order valence-corrected chi connectivity index (χ1v) is 5.57. The highest BCUT2D eigenvalue weighted by Crippen LogP contribution is 2.20. The summed E-state index contributed by atoms with van der Waals surface area (Å²) in [6.07, 6.45) is -2.59. The molecule has 0 saturated carbocycles. The Morgan fingerprint density at radius 3 is 2.38 bits per heavy atom. The van der Waals surface area contributed by atoms with Gasteiger partial charge in [-0.05, 0) is 38.8 Å². The molecule has 1 fully saturated rings. The molecular weight excluding hydrogens is 221 g/mol. The molecule has 0 aromatic heterocycles. The van der Waals surface area contributed by atoms with E-state index >= 15 is 0 Å². The van der Waals surface area contributed by atoms with Crippen LogP contribution >= 0.6 is 0 Å². The van der Waals surface area contributed by atoms with Crippen molar-refractivity contribution in [2.75, 3.05) is 26.2 Å². The molecule has 6 heteroatoms. The number of halogens is 3. The number of nitrogens with zero attached hydrogens (tertiary/aromatic N) is 1. The van der Waals surface area contributed by atoms with Gasteiger partial charge in [0.2, 0.25) is 0 Å². The Labute approximate surface area is 93.7 Å². The maximum atomic E-state index is 11.7. The molecule has 1 heterocycles. The van der Waals surface area contributed by atoms with Crippen LogP contribution in [-0.2, 0) is 4.74 Å². The largest absolute Gasteiger partial charge is 0.522 e. The van der Waals surface area contributed by atoms with E-state index in [2.05, 4.69) is 4.74 Å². The van der Waals surface area contributed by atoms with Crippen molar-refractivity contribution in [2.24, 2.45) is 11.7 Å². The molecular formula is C10H19F3N2O. The van der Waals surface area contributed by atoms with Gasteiger partial charge in [0.1, 0.15) is 0 Å². The molecule has 1 atom stereocenters. The predicted molar refractivity (Wildman–Crippen MR) is 54.8 cm³/mol. The summed E-state index contributed by atoms with van der Waals surface area (Å²) in [6, 6.07) is 0.175. The van der Waals surface area contributed by atoms with Gasteiger partial charge in [0.25, 0.3) is 0 Å². The Morgan fingerprint density at radius 2 is 1.94 bits per heavy atom. The van der Waals surface area contributed by atoms with Gasteiger partial charge in [-0.2, -0.15) is 0 Å². The van der Waals surface area contributed by atoms with E-state index in [0.29, 0.717) is 12.5 Å². The van der Waals surface area contributed by atoms with E-state index in [4.69, 9.17) is 5.73 Å². The second-order valence-electron chi connectivity index (χ2n) is 4.33. The summed E-state index contributed by atoms with van der Waals surface area (Å²) in [6.45, 7) is 3.66. The molecule has 0 aromatic carbocycles. The fourth-order valence-corrected chi connectivity index (χ4v) is 1.99. The molecule has 1 unspecified atom stereocenters. The van der Waals surface area contributed by atoms with Crippen LogP contribution in [0.15, 0.2) is 0 Å². The maximum absolute atomic E-state index is 11.7. The highest BCUT2D eigenvalue weighted by Gasteiger charge is 2.29. The van der Waals surface area contributed by atoms with Crippen LogP contribution in [0.4, 0.5) is 13.2 Å². The second-order valence-corrected chi connectivity index (χ2v) is 4.33. The van der Waals surface area contributed by atoms with Crippen molar-refractivity contribution >= 4 is 0 Å². The highest BCUT2D eigenvalue weighted by molar-refractivity contribution is 4.77. The molecule has 0 bridgehead atoms. The van der Waals surface area contributed by atoms with Gasteiger partial charge in [-0.25, -0.2) is 0 Å². The van der Waals surface area contributed by atoms with E-state index in [1.165, 1.54) is 0 Å². The summed E-state index contributed by atoms with van der Waals surface area (Å²) in [5, 5.41) is 0. The fourth-order valence-electron chi connectivity index (χ4n) is 1.99. The molecule has 0 radical (unpaired) electrons. The molecule has 0 spiro atoms. The lowest BCUT2D eigenvalue weighted by atomic mass is 9.91. The topological polar surface area (TPSA) is 38.5 Å². The van der Waals surface area contributed by atoms with Crippen LogP contribution < -0.4 is 5.73 Å². The van der Waals surface area contributed by atoms with Crippen molar-refractivity contribution in [1.82, 2.24) is 4.90 Å². The summed E-state index contributed by atoms with van der Waals surface area (Å²) in [4.78, 5) is 1.99. The normalized spacial score (nSPS) is 22.3. The van der Waals surface area contributed by atoms with Crippen LogP contribution in [0.2, 0.25) is 0 Å². The molecule has 96 valence electrons. The molecule has 1 aliphatic rings. The number of likely N-dealkylation sites (tertiary alicyclic amines) is 1. The molecule has 0 aliphatic carbocycles. The zero-order valence-electron chi connectivity index (χ0n) is 9.46. The minimum atomic E-state index is -4.51. The van der Waals surface area contributed by atoms with Crippen LogP contribution in [0.5, 0.6) is 0 Å². The number of hydrogen-bond donors (Lipinski definition) is 1. The Hall–Kier alpha value is -0.330. The number of alkyl halides is 3. The fraction of sp³-hybridized carbons (Fsp3) is 1.00. The number of ether oxygens (including phenoxy) is 1. The first kappa shape index (κ1) is 13.7. The summed E-state index contributed by atoms with van der Waals surface area (Å²) in [5.74, 6) is 0.500. The highest BCUT2D eigenvalue weighted by atomic mass is 19.4. The average Bonchev–Trinajstić information content (AvgIpc) is 2.16. The zero-order chi connectivity index (χ0) is 12.2. The van der Waals surface area contributed by atoms with Gasteiger partial charge in [0.15, 0.2) is 0 Å². The van der Waals surface area contributed by atoms with Crippen molar-refractivity contribution in [3.63, 3.8) is 0 Å². The monoisotopic (exact) mass is 240 g/mol. The zero-order valence-corrected chi connectivity index (χ0v) is 9.46. The van der Waals surface area contributed by atoms with Crippen LogP contribution in [0.25, 0.3) is 0 Å². The van der Waals surface area contributed by atoms with Crippen molar-refractivity contribution in [3.8, 4) is 0 Å². The summed E-state index contributed by atoms with van der Waals surface area (Å²) < 4.78 is 38.9. The quantitative estimate of drug-likeness (QED) is 0.811. The third kappa shape index (κ3) is 5.14. The van der Waals surface area contributed by atoms with Crippen LogP contribution in [0.3, 0.4) is 0 Å². The smallest absolute Gasteiger partial charge is 0.328 e.